The topological polar surface area (TPSA) is 17.1 Å². The zero-order chi connectivity index (χ0) is 9.84. The molecule has 0 N–H and O–H groups in total. The van der Waals surface area contributed by atoms with Crippen LogP contribution in [-0.4, -0.2) is 5.24 Å². The molecule has 0 bridgehead atoms. The Morgan fingerprint density at radius 1 is 1.38 bits per heavy atom. The number of hydrogen-bond donors (Lipinski definition) is 0. The molecule has 0 aliphatic carbocycles. The molecule has 0 radical (unpaired) electrons. The van der Waals surface area contributed by atoms with Crippen LogP contribution in [0.25, 0.3) is 0 Å². The van der Waals surface area contributed by atoms with Gasteiger partial charge in [0, 0.05) is 10.9 Å². The molecule has 0 aliphatic heterocycles. The van der Waals surface area contributed by atoms with E-state index < -0.39 is 0 Å². The van der Waals surface area contributed by atoms with Crippen molar-refractivity contribution in [2.24, 2.45) is 5.92 Å². The Morgan fingerprint density at radius 3 is 2.38 bits per heavy atom. The van der Waals surface area contributed by atoms with Crippen LogP contribution in [0.15, 0.2) is 24.3 Å². The molecular formula is C10H10Cl2O. The molecule has 1 nitrogen and oxygen atoms in total. The second kappa shape index (κ2) is 4.64. The van der Waals surface area contributed by atoms with Gasteiger partial charge in [0.25, 0.3) is 0 Å². The van der Waals surface area contributed by atoms with Gasteiger partial charge in [-0.2, -0.15) is 0 Å². The van der Waals surface area contributed by atoms with E-state index in [4.69, 9.17) is 23.2 Å². The van der Waals surface area contributed by atoms with E-state index in [1.807, 2.05) is 31.2 Å². The Morgan fingerprint density at radius 2 is 1.92 bits per heavy atom. The minimum atomic E-state index is -0.296. The average molecular weight is 217 g/mol. The molecule has 0 aromatic heterocycles. The minimum absolute atomic E-state index is 0.136. The normalized spacial score (nSPS) is 12.5. The molecule has 1 unspecified atom stereocenters. The largest absolute Gasteiger partial charge is 0.281 e. The first-order valence-electron chi connectivity index (χ1n) is 4.03. The third-order valence-electron chi connectivity index (χ3n) is 1.84. The van der Waals surface area contributed by atoms with Gasteiger partial charge in [-0.3, -0.25) is 4.79 Å². The van der Waals surface area contributed by atoms with Crippen LogP contribution in [-0.2, 0) is 11.2 Å². The van der Waals surface area contributed by atoms with Crippen molar-refractivity contribution in [3.8, 4) is 0 Å². The highest BCUT2D eigenvalue weighted by molar-refractivity contribution is 6.63. The maximum absolute atomic E-state index is 10.8. The molecule has 0 saturated heterocycles. The lowest BCUT2D eigenvalue weighted by atomic mass is 10.0. The van der Waals surface area contributed by atoms with Crippen LogP contribution in [0.1, 0.15) is 12.5 Å². The molecule has 3 heteroatoms. The number of carbonyl (C=O) groups is 1. The van der Waals surface area contributed by atoms with Crippen molar-refractivity contribution < 1.29 is 4.79 Å². The summed E-state index contributed by atoms with van der Waals surface area (Å²) in [5.74, 6) is -0.136. The van der Waals surface area contributed by atoms with E-state index in [-0.39, 0.29) is 11.2 Å². The van der Waals surface area contributed by atoms with Gasteiger partial charge in [-0.05, 0) is 35.7 Å². The van der Waals surface area contributed by atoms with E-state index in [1.165, 1.54) is 0 Å². The molecule has 0 saturated carbocycles. The van der Waals surface area contributed by atoms with Crippen LogP contribution in [0.5, 0.6) is 0 Å². The second-order valence-electron chi connectivity index (χ2n) is 3.04. The van der Waals surface area contributed by atoms with Crippen molar-refractivity contribution in [2.75, 3.05) is 0 Å². The number of hydrogen-bond acceptors (Lipinski definition) is 1. The third kappa shape index (κ3) is 3.37. The first-order chi connectivity index (χ1) is 6.09. The highest BCUT2D eigenvalue weighted by Crippen LogP contribution is 2.14. The predicted octanol–water partition coefficient (Wildman–Crippen LogP) is 3.28. The maximum atomic E-state index is 10.8. The van der Waals surface area contributed by atoms with E-state index in [0.29, 0.717) is 11.4 Å². The highest BCUT2D eigenvalue weighted by atomic mass is 35.5. The summed E-state index contributed by atoms with van der Waals surface area (Å²) in [4.78, 5) is 10.8. The Bertz CT molecular complexity index is 292. The smallest absolute Gasteiger partial charge is 0.224 e. The van der Waals surface area contributed by atoms with Crippen LogP contribution >= 0.6 is 23.2 Å². The predicted molar refractivity (Wildman–Crippen MR) is 55.2 cm³/mol. The van der Waals surface area contributed by atoms with Gasteiger partial charge < -0.3 is 0 Å². The number of benzene rings is 1. The molecule has 0 amide bonds. The van der Waals surface area contributed by atoms with Gasteiger partial charge in [0.15, 0.2) is 0 Å². The third-order valence-corrected chi connectivity index (χ3v) is 2.47. The van der Waals surface area contributed by atoms with E-state index in [2.05, 4.69) is 0 Å². The van der Waals surface area contributed by atoms with Crippen LogP contribution < -0.4 is 0 Å². The van der Waals surface area contributed by atoms with Crippen molar-refractivity contribution in [2.45, 2.75) is 13.3 Å². The van der Waals surface area contributed by atoms with Crippen molar-refractivity contribution in [1.82, 2.24) is 0 Å². The van der Waals surface area contributed by atoms with Crippen LogP contribution in [0.4, 0.5) is 0 Å². The van der Waals surface area contributed by atoms with Crippen LogP contribution in [0.3, 0.4) is 0 Å². The van der Waals surface area contributed by atoms with Gasteiger partial charge in [-0.1, -0.05) is 30.7 Å². The summed E-state index contributed by atoms with van der Waals surface area (Å²) in [6.07, 6.45) is 0.666. The number of rotatable bonds is 3. The van der Waals surface area contributed by atoms with Gasteiger partial charge in [0.05, 0.1) is 0 Å². The summed E-state index contributed by atoms with van der Waals surface area (Å²) >= 11 is 11.1. The van der Waals surface area contributed by atoms with E-state index in [0.717, 1.165) is 5.56 Å². The molecule has 0 fully saturated rings. The van der Waals surface area contributed by atoms with Crippen LogP contribution in [0.2, 0.25) is 5.02 Å². The molecular weight excluding hydrogens is 207 g/mol. The van der Waals surface area contributed by atoms with E-state index >= 15 is 0 Å². The van der Waals surface area contributed by atoms with Gasteiger partial charge in [-0.15, -0.1) is 0 Å². The average Bonchev–Trinajstić information content (AvgIpc) is 2.08. The quantitative estimate of drug-likeness (QED) is 0.710. The van der Waals surface area contributed by atoms with Gasteiger partial charge in [0.1, 0.15) is 0 Å². The highest BCUT2D eigenvalue weighted by Gasteiger charge is 2.09. The number of carbonyl (C=O) groups excluding carboxylic acids is 1. The van der Waals surface area contributed by atoms with Gasteiger partial charge in [-0.25, -0.2) is 0 Å². The summed E-state index contributed by atoms with van der Waals surface area (Å²) < 4.78 is 0. The Labute approximate surface area is 87.7 Å². The molecule has 1 aromatic carbocycles. The van der Waals surface area contributed by atoms with Crippen molar-refractivity contribution in [3.05, 3.63) is 34.9 Å². The van der Waals surface area contributed by atoms with Gasteiger partial charge in [0.2, 0.25) is 5.24 Å². The van der Waals surface area contributed by atoms with E-state index in [1.54, 1.807) is 0 Å². The zero-order valence-electron chi connectivity index (χ0n) is 7.26. The molecule has 13 heavy (non-hydrogen) atoms. The molecule has 70 valence electrons. The SMILES string of the molecule is CC(Cc1ccc(Cl)cc1)C(=O)Cl. The minimum Gasteiger partial charge on any atom is -0.281 e. The fourth-order valence-corrected chi connectivity index (χ4v) is 1.26. The summed E-state index contributed by atoms with van der Waals surface area (Å²) in [5, 5.41) is 0.406. The molecule has 0 heterocycles. The lowest BCUT2D eigenvalue weighted by Crippen LogP contribution is -2.06. The summed E-state index contributed by atoms with van der Waals surface area (Å²) in [6, 6.07) is 7.42. The fraction of sp³-hybridized carbons (Fsp3) is 0.300. The molecule has 1 atom stereocenters. The molecule has 1 rings (SSSR count). The Balaban J connectivity index is 2.64. The monoisotopic (exact) mass is 216 g/mol. The van der Waals surface area contributed by atoms with E-state index in [9.17, 15) is 4.79 Å². The molecule has 1 aromatic rings. The second-order valence-corrected chi connectivity index (χ2v) is 3.84. The summed E-state index contributed by atoms with van der Waals surface area (Å²) in [5.41, 5.74) is 1.07. The lowest BCUT2D eigenvalue weighted by Gasteiger charge is -2.05. The first-order valence-corrected chi connectivity index (χ1v) is 4.79. The lowest BCUT2D eigenvalue weighted by molar-refractivity contribution is -0.114. The summed E-state index contributed by atoms with van der Waals surface area (Å²) in [7, 11) is 0. The van der Waals surface area contributed by atoms with Crippen molar-refractivity contribution >= 4 is 28.4 Å². The Kier molecular flexibility index (Phi) is 3.76. The first kappa shape index (κ1) is 10.6. The summed E-state index contributed by atoms with van der Waals surface area (Å²) in [6.45, 7) is 1.81. The zero-order valence-corrected chi connectivity index (χ0v) is 8.77. The molecule has 0 aliphatic rings. The fourth-order valence-electron chi connectivity index (χ4n) is 1.05. The van der Waals surface area contributed by atoms with Gasteiger partial charge >= 0.3 is 0 Å². The van der Waals surface area contributed by atoms with Crippen LogP contribution in [0, 0.1) is 5.92 Å². The maximum Gasteiger partial charge on any atom is 0.224 e. The standard InChI is InChI=1S/C10H10Cl2O/c1-7(10(12)13)6-8-2-4-9(11)5-3-8/h2-5,7H,6H2,1H3. The van der Waals surface area contributed by atoms with Crippen molar-refractivity contribution in [1.29, 1.82) is 0 Å². The number of halogens is 2. The van der Waals surface area contributed by atoms with Crippen molar-refractivity contribution in [3.63, 3.8) is 0 Å². The Hall–Kier alpha value is -0.530. The molecule has 0 spiro atoms.